The molecule has 0 aliphatic carbocycles. The molecule has 0 spiro atoms. The van der Waals surface area contributed by atoms with Crippen LogP contribution >= 0.6 is 0 Å². The molecule has 0 aliphatic heterocycles. The zero-order chi connectivity index (χ0) is 13.8. The Bertz CT molecular complexity index is 546. The number of nitrogens with zero attached hydrogens (tertiary/aromatic N) is 4. The fraction of sp³-hybridized carbons (Fsp3) is 0.462. The number of hydrogen-bond acceptors (Lipinski definition) is 5. The maximum atomic E-state index is 5.90. The first-order chi connectivity index (χ1) is 9.08. The average molecular weight is 260 g/mol. The maximum absolute atomic E-state index is 5.90. The van der Waals surface area contributed by atoms with E-state index in [0.717, 1.165) is 24.3 Å². The van der Waals surface area contributed by atoms with Crippen LogP contribution in [0.2, 0.25) is 0 Å². The molecule has 0 atom stereocenters. The molecule has 2 aromatic rings. The summed E-state index contributed by atoms with van der Waals surface area (Å²) in [5.74, 6) is 1.67. The summed E-state index contributed by atoms with van der Waals surface area (Å²) in [7, 11) is 1.92. The number of anilines is 2. The lowest BCUT2D eigenvalue weighted by atomic mass is 10.0. The van der Waals surface area contributed by atoms with Crippen LogP contribution < -0.4 is 11.1 Å². The van der Waals surface area contributed by atoms with Gasteiger partial charge in [0.05, 0.1) is 6.20 Å². The third-order valence-corrected chi connectivity index (χ3v) is 2.96. The van der Waals surface area contributed by atoms with Crippen molar-refractivity contribution in [3.8, 4) is 0 Å². The fourth-order valence-electron chi connectivity index (χ4n) is 2.05. The van der Waals surface area contributed by atoms with Crippen molar-refractivity contribution in [1.29, 1.82) is 0 Å². The molecule has 0 unspecified atom stereocenters. The lowest BCUT2D eigenvalue weighted by molar-refractivity contribution is 0.766. The minimum Gasteiger partial charge on any atom is -0.383 e. The Morgan fingerprint density at radius 1 is 1.37 bits per heavy atom. The molecule has 0 radical (unpaired) electrons. The van der Waals surface area contributed by atoms with Crippen molar-refractivity contribution in [2.45, 2.75) is 26.2 Å². The van der Waals surface area contributed by atoms with Crippen LogP contribution in [-0.4, -0.2) is 26.3 Å². The van der Waals surface area contributed by atoms with Gasteiger partial charge in [-0.3, -0.25) is 4.68 Å². The molecule has 0 fully saturated rings. The minimum atomic E-state index is 0.294. The van der Waals surface area contributed by atoms with Gasteiger partial charge < -0.3 is 11.1 Å². The molecule has 2 aromatic heterocycles. The lowest BCUT2D eigenvalue weighted by Gasteiger charge is -2.14. The van der Waals surface area contributed by atoms with Gasteiger partial charge in [0, 0.05) is 25.4 Å². The number of hydrogen-bond donors (Lipinski definition) is 2. The zero-order valence-electron chi connectivity index (χ0n) is 11.6. The molecule has 0 bridgehead atoms. The summed E-state index contributed by atoms with van der Waals surface area (Å²) in [6, 6.07) is 0. The number of nitrogens with two attached hydrogens (primary N) is 1. The SMILES string of the molecule is CC(C)c1c(N)ncnc1NCCc1cnn(C)c1. The molecule has 6 nitrogen and oxygen atoms in total. The topological polar surface area (TPSA) is 81.7 Å². The number of aryl methyl sites for hydroxylation is 1. The van der Waals surface area contributed by atoms with Crippen molar-refractivity contribution >= 4 is 11.6 Å². The van der Waals surface area contributed by atoms with Crippen molar-refractivity contribution < 1.29 is 0 Å². The van der Waals surface area contributed by atoms with Crippen molar-refractivity contribution in [2.24, 2.45) is 7.05 Å². The molecular weight excluding hydrogens is 240 g/mol. The zero-order valence-corrected chi connectivity index (χ0v) is 11.6. The van der Waals surface area contributed by atoms with Gasteiger partial charge in [-0.15, -0.1) is 0 Å². The second kappa shape index (κ2) is 5.69. The molecule has 0 saturated heterocycles. The standard InChI is InChI=1S/C13H20N6/c1-9(2)11-12(14)16-8-17-13(11)15-5-4-10-6-18-19(3)7-10/h6-9H,4-5H2,1-3H3,(H3,14,15,16,17). The van der Waals surface area contributed by atoms with Gasteiger partial charge in [-0.1, -0.05) is 13.8 Å². The molecule has 0 amide bonds. The number of rotatable bonds is 5. The second-order valence-electron chi connectivity index (χ2n) is 4.87. The summed E-state index contributed by atoms with van der Waals surface area (Å²) < 4.78 is 1.80. The van der Waals surface area contributed by atoms with Crippen LogP contribution in [0.5, 0.6) is 0 Å². The predicted molar refractivity (Wildman–Crippen MR) is 75.9 cm³/mol. The van der Waals surface area contributed by atoms with Gasteiger partial charge >= 0.3 is 0 Å². The van der Waals surface area contributed by atoms with Gasteiger partial charge in [0.15, 0.2) is 0 Å². The predicted octanol–water partition coefficient (Wildman–Crippen LogP) is 1.57. The highest BCUT2D eigenvalue weighted by molar-refractivity contribution is 5.56. The van der Waals surface area contributed by atoms with Crippen molar-refractivity contribution in [1.82, 2.24) is 19.7 Å². The highest BCUT2D eigenvalue weighted by Gasteiger charge is 2.12. The third kappa shape index (κ3) is 3.21. The Hall–Kier alpha value is -2.11. The Morgan fingerprint density at radius 2 is 2.16 bits per heavy atom. The minimum absolute atomic E-state index is 0.294. The molecule has 2 rings (SSSR count). The fourth-order valence-corrected chi connectivity index (χ4v) is 2.05. The molecule has 102 valence electrons. The number of nitrogen functional groups attached to an aromatic ring is 1. The molecule has 0 saturated carbocycles. The highest BCUT2D eigenvalue weighted by atomic mass is 15.2. The van der Waals surface area contributed by atoms with E-state index >= 15 is 0 Å². The molecule has 2 heterocycles. The summed E-state index contributed by atoms with van der Waals surface area (Å²) in [6.07, 6.45) is 6.28. The van der Waals surface area contributed by atoms with E-state index in [1.54, 1.807) is 4.68 Å². The van der Waals surface area contributed by atoms with Gasteiger partial charge in [-0.25, -0.2) is 9.97 Å². The summed E-state index contributed by atoms with van der Waals surface area (Å²) in [6.45, 7) is 4.96. The van der Waals surface area contributed by atoms with Crippen LogP contribution in [0.1, 0.15) is 30.9 Å². The van der Waals surface area contributed by atoms with E-state index in [0.29, 0.717) is 11.7 Å². The highest BCUT2D eigenvalue weighted by Crippen LogP contribution is 2.25. The van der Waals surface area contributed by atoms with Gasteiger partial charge in [0.1, 0.15) is 18.0 Å². The molecule has 0 aromatic carbocycles. The van der Waals surface area contributed by atoms with Crippen LogP contribution in [0, 0.1) is 0 Å². The van der Waals surface area contributed by atoms with Gasteiger partial charge in [-0.2, -0.15) is 5.10 Å². The first-order valence-electron chi connectivity index (χ1n) is 6.39. The van der Waals surface area contributed by atoms with Crippen LogP contribution in [0.3, 0.4) is 0 Å². The molecule has 19 heavy (non-hydrogen) atoms. The van der Waals surface area contributed by atoms with Gasteiger partial charge in [-0.05, 0) is 17.9 Å². The van der Waals surface area contributed by atoms with Crippen LogP contribution in [0.25, 0.3) is 0 Å². The summed E-state index contributed by atoms with van der Waals surface area (Å²) in [5, 5.41) is 7.47. The molecular formula is C13H20N6. The first kappa shape index (κ1) is 13.3. The number of aromatic nitrogens is 4. The van der Waals surface area contributed by atoms with Crippen molar-refractivity contribution in [2.75, 3.05) is 17.6 Å². The van der Waals surface area contributed by atoms with Crippen LogP contribution in [-0.2, 0) is 13.5 Å². The van der Waals surface area contributed by atoms with E-state index in [1.807, 2.05) is 19.4 Å². The smallest absolute Gasteiger partial charge is 0.134 e. The second-order valence-corrected chi connectivity index (χ2v) is 4.87. The largest absolute Gasteiger partial charge is 0.383 e. The lowest BCUT2D eigenvalue weighted by Crippen LogP contribution is -2.11. The van der Waals surface area contributed by atoms with E-state index in [-0.39, 0.29) is 0 Å². The Morgan fingerprint density at radius 3 is 2.79 bits per heavy atom. The van der Waals surface area contributed by atoms with E-state index in [2.05, 4.69) is 34.2 Å². The summed E-state index contributed by atoms with van der Waals surface area (Å²) >= 11 is 0. The Kier molecular flexibility index (Phi) is 3.99. The van der Waals surface area contributed by atoms with E-state index in [4.69, 9.17) is 5.73 Å². The monoisotopic (exact) mass is 260 g/mol. The Balaban J connectivity index is 2.01. The third-order valence-electron chi connectivity index (χ3n) is 2.96. The van der Waals surface area contributed by atoms with E-state index in [9.17, 15) is 0 Å². The summed E-state index contributed by atoms with van der Waals surface area (Å²) in [5.41, 5.74) is 8.08. The molecule has 3 N–H and O–H groups in total. The first-order valence-corrected chi connectivity index (χ1v) is 6.39. The average Bonchev–Trinajstić information content (AvgIpc) is 2.74. The van der Waals surface area contributed by atoms with Crippen molar-refractivity contribution in [3.05, 3.63) is 29.8 Å². The van der Waals surface area contributed by atoms with Gasteiger partial charge in [0.25, 0.3) is 0 Å². The van der Waals surface area contributed by atoms with Crippen LogP contribution in [0.15, 0.2) is 18.7 Å². The summed E-state index contributed by atoms with van der Waals surface area (Å²) in [4.78, 5) is 8.32. The van der Waals surface area contributed by atoms with Crippen molar-refractivity contribution in [3.63, 3.8) is 0 Å². The molecule has 0 aliphatic rings. The normalized spacial score (nSPS) is 10.9. The van der Waals surface area contributed by atoms with Crippen LogP contribution in [0.4, 0.5) is 11.6 Å². The van der Waals surface area contributed by atoms with E-state index < -0.39 is 0 Å². The molecule has 6 heteroatoms. The quantitative estimate of drug-likeness (QED) is 0.852. The van der Waals surface area contributed by atoms with Gasteiger partial charge in [0.2, 0.25) is 0 Å². The maximum Gasteiger partial charge on any atom is 0.134 e. The Labute approximate surface area is 113 Å². The number of nitrogens with one attached hydrogen (secondary N) is 1. The van der Waals surface area contributed by atoms with E-state index in [1.165, 1.54) is 11.9 Å².